The van der Waals surface area contributed by atoms with Crippen LogP contribution in [0.25, 0.3) is 39.1 Å². The van der Waals surface area contributed by atoms with E-state index in [0.29, 0.717) is 0 Å². The molecule has 0 atom stereocenters. The summed E-state index contributed by atoms with van der Waals surface area (Å²) in [6.07, 6.45) is 17.6. The molecule has 6 rings (SSSR count). The molecule has 0 saturated heterocycles. The minimum absolute atomic E-state index is 0.941. The number of anilines is 3. The maximum atomic E-state index is 4.68. The predicted octanol–water partition coefficient (Wildman–Crippen LogP) is 10.3. The lowest BCUT2D eigenvalue weighted by Crippen LogP contribution is -2.10. The summed E-state index contributed by atoms with van der Waals surface area (Å²) < 4.78 is 2.27. The first-order valence-electron chi connectivity index (χ1n) is 13.7. The number of hydrogen-bond donors (Lipinski definition) is 0. The smallest absolute Gasteiger partial charge is 0.0651 e. The molecule has 0 unspecified atom stereocenters. The highest BCUT2D eigenvalue weighted by molar-refractivity contribution is 6.10. The number of benzene rings is 4. The number of pyridine rings is 1. The van der Waals surface area contributed by atoms with E-state index in [0.717, 1.165) is 34.6 Å². The third-order valence-corrected chi connectivity index (χ3v) is 7.04. The molecule has 0 fully saturated rings. The van der Waals surface area contributed by atoms with Gasteiger partial charge in [-0.15, -0.1) is 0 Å². The van der Waals surface area contributed by atoms with Crippen molar-refractivity contribution in [3.05, 3.63) is 152 Å². The Morgan fingerprint density at radius 3 is 2.08 bits per heavy atom. The summed E-state index contributed by atoms with van der Waals surface area (Å²) in [5, 5.41) is 2.46. The van der Waals surface area contributed by atoms with Crippen LogP contribution in [0.3, 0.4) is 0 Å². The molecule has 0 N–H and O–H groups in total. The molecule has 0 bridgehead atoms. The summed E-state index contributed by atoms with van der Waals surface area (Å²) in [6, 6.07) is 38.4. The molecule has 0 radical (unpaired) electrons. The normalized spacial score (nSPS) is 11.9. The van der Waals surface area contributed by atoms with Crippen LogP contribution < -0.4 is 4.90 Å². The number of rotatable bonds is 8. The molecule has 0 spiro atoms. The topological polar surface area (TPSA) is 21.1 Å². The lowest BCUT2D eigenvalue weighted by Gasteiger charge is -2.25. The van der Waals surface area contributed by atoms with E-state index in [-0.39, 0.29) is 0 Å². The first kappa shape index (κ1) is 25.1. The van der Waals surface area contributed by atoms with Crippen molar-refractivity contribution in [2.24, 2.45) is 0 Å². The van der Waals surface area contributed by atoms with Crippen molar-refractivity contribution in [2.75, 3.05) is 4.90 Å². The Bertz CT molecular complexity index is 1790. The molecule has 2 heterocycles. The van der Waals surface area contributed by atoms with Crippen molar-refractivity contribution < 1.29 is 0 Å². The Morgan fingerprint density at radius 1 is 0.625 bits per heavy atom. The van der Waals surface area contributed by atoms with Gasteiger partial charge in [-0.05, 0) is 73.5 Å². The van der Waals surface area contributed by atoms with Gasteiger partial charge in [-0.1, -0.05) is 85.0 Å². The second kappa shape index (κ2) is 11.7. The zero-order valence-corrected chi connectivity index (χ0v) is 22.6. The van der Waals surface area contributed by atoms with Gasteiger partial charge in [0, 0.05) is 40.1 Å². The van der Waals surface area contributed by atoms with Gasteiger partial charge in [0.25, 0.3) is 0 Å². The van der Waals surface area contributed by atoms with E-state index in [1.807, 2.05) is 31.5 Å². The Hall–Kier alpha value is -5.15. The zero-order chi connectivity index (χ0) is 27.1. The van der Waals surface area contributed by atoms with E-state index in [2.05, 4.69) is 148 Å². The minimum Gasteiger partial charge on any atom is -0.316 e. The van der Waals surface area contributed by atoms with Gasteiger partial charge in [0.1, 0.15) is 0 Å². The van der Waals surface area contributed by atoms with E-state index in [4.69, 9.17) is 0 Å². The fraction of sp³-hybridized carbons (Fsp3) is 0.0541. The summed E-state index contributed by atoms with van der Waals surface area (Å²) in [5.41, 5.74) is 7.80. The van der Waals surface area contributed by atoms with Crippen molar-refractivity contribution in [1.29, 1.82) is 0 Å². The number of fused-ring (bicyclic) bond motifs is 3. The molecule has 3 nitrogen and oxygen atoms in total. The second-order valence-corrected chi connectivity index (χ2v) is 9.63. The van der Waals surface area contributed by atoms with E-state index in [1.54, 1.807) is 0 Å². The van der Waals surface area contributed by atoms with Gasteiger partial charge in [0.05, 0.1) is 22.9 Å². The van der Waals surface area contributed by atoms with Gasteiger partial charge in [-0.25, -0.2) is 0 Å². The lowest BCUT2D eigenvalue weighted by atomic mass is 10.0. The molecule has 0 aliphatic carbocycles. The summed E-state index contributed by atoms with van der Waals surface area (Å²) in [4.78, 5) is 6.93. The Kier molecular flexibility index (Phi) is 7.36. The fourth-order valence-corrected chi connectivity index (χ4v) is 5.16. The van der Waals surface area contributed by atoms with Gasteiger partial charge in [0.2, 0.25) is 0 Å². The van der Waals surface area contributed by atoms with Crippen LogP contribution in [0.15, 0.2) is 152 Å². The molecular weight excluding hydrogens is 486 g/mol. The first-order chi connectivity index (χ1) is 19.8. The molecule has 2 aromatic heterocycles. The third-order valence-electron chi connectivity index (χ3n) is 7.04. The largest absolute Gasteiger partial charge is 0.316 e. The van der Waals surface area contributed by atoms with Gasteiger partial charge >= 0.3 is 0 Å². The predicted molar refractivity (Wildman–Crippen MR) is 171 cm³/mol. The molecule has 40 heavy (non-hydrogen) atoms. The Morgan fingerprint density at radius 2 is 1.32 bits per heavy atom. The van der Waals surface area contributed by atoms with Crippen LogP contribution in [0.4, 0.5) is 17.1 Å². The highest BCUT2D eigenvalue weighted by Crippen LogP contribution is 2.37. The molecule has 0 aliphatic heterocycles. The van der Waals surface area contributed by atoms with E-state index in [9.17, 15) is 0 Å². The maximum absolute atomic E-state index is 4.68. The highest BCUT2D eigenvalue weighted by atomic mass is 15.1. The van der Waals surface area contributed by atoms with Crippen LogP contribution in [0.5, 0.6) is 0 Å². The minimum atomic E-state index is 0.941. The van der Waals surface area contributed by atoms with Crippen LogP contribution in [-0.4, -0.2) is 9.55 Å². The van der Waals surface area contributed by atoms with Crippen LogP contribution in [-0.2, 0) is 0 Å². The number of aromatic nitrogens is 2. The van der Waals surface area contributed by atoms with E-state index >= 15 is 0 Å². The first-order valence-corrected chi connectivity index (χ1v) is 13.7. The number of nitrogens with zero attached hydrogens (tertiary/aromatic N) is 3. The number of allylic oxidation sites excluding steroid dienone is 5. The summed E-state index contributed by atoms with van der Waals surface area (Å²) in [5.74, 6) is 0. The van der Waals surface area contributed by atoms with Crippen molar-refractivity contribution in [3.8, 4) is 11.1 Å². The summed E-state index contributed by atoms with van der Waals surface area (Å²) in [7, 11) is 0. The van der Waals surface area contributed by atoms with E-state index in [1.165, 1.54) is 21.8 Å². The van der Waals surface area contributed by atoms with Crippen molar-refractivity contribution in [3.63, 3.8) is 0 Å². The van der Waals surface area contributed by atoms with Crippen LogP contribution in [0.2, 0.25) is 0 Å². The van der Waals surface area contributed by atoms with Crippen molar-refractivity contribution in [2.45, 2.75) is 13.3 Å². The van der Waals surface area contributed by atoms with Crippen LogP contribution in [0.1, 0.15) is 13.3 Å². The zero-order valence-electron chi connectivity index (χ0n) is 22.6. The van der Waals surface area contributed by atoms with Crippen LogP contribution >= 0.6 is 0 Å². The molecule has 0 amide bonds. The monoisotopic (exact) mass is 517 g/mol. The lowest BCUT2D eigenvalue weighted by molar-refractivity contribution is 1.23. The summed E-state index contributed by atoms with van der Waals surface area (Å²) in [6.45, 7) is 2.05. The highest BCUT2D eigenvalue weighted by Gasteiger charge is 2.14. The van der Waals surface area contributed by atoms with E-state index < -0.39 is 0 Å². The third kappa shape index (κ3) is 5.10. The average Bonchev–Trinajstić information content (AvgIpc) is 3.33. The van der Waals surface area contributed by atoms with Crippen molar-refractivity contribution in [1.82, 2.24) is 9.55 Å². The van der Waals surface area contributed by atoms with Gasteiger partial charge in [0.15, 0.2) is 0 Å². The molecule has 0 saturated carbocycles. The standard InChI is InChI=1S/C37H31N3/c1-2-3-4-5-6-15-24-39-36-21-14-13-20-34(36)35-26-29(22-23-37(35)39)30-25-33(28-38-27-30)40(31-16-9-7-10-17-31)32-18-11-8-12-19-32/h2-3,5-28H,4H2,1H3/b3-2-,6-5-,24-15+. The Balaban J connectivity index is 1.42. The molecule has 6 aromatic rings. The van der Waals surface area contributed by atoms with Gasteiger partial charge < -0.3 is 9.47 Å². The second-order valence-electron chi connectivity index (χ2n) is 9.63. The van der Waals surface area contributed by atoms with Gasteiger partial charge in [-0.3, -0.25) is 4.98 Å². The quantitative estimate of drug-likeness (QED) is 0.148. The number of para-hydroxylation sites is 3. The van der Waals surface area contributed by atoms with Crippen molar-refractivity contribution >= 4 is 45.1 Å². The number of hydrogen-bond acceptors (Lipinski definition) is 2. The molecule has 194 valence electrons. The Labute approximate surface area is 235 Å². The average molecular weight is 518 g/mol. The molecule has 4 aromatic carbocycles. The molecule has 3 heteroatoms. The molecule has 0 aliphatic rings. The van der Waals surface area contributed by atoms with Crippen LogP contribution in [0, 0.1) is 0 Å². The fourth-order valence-electron chi connectivity index (χ4n) is 5.16. The summed E-state index contributed by atoms with van der Waals surface area (Å²) >= 11 is 0. The van der Waals surface area contributed by atoms with Gasteiger partial charge in [-0.2, -0.15) is 0 Å². The SMILES string of the molecule is C/C=C\C/C=C\C=C\n1c2ccccc2c2cc(-c3cncc(N(c4ccccc4)c4ccccc4)c3)ccc21. The maximum Gasteiger partial charge on any atom is 0.0651 e. The molecular formula is C37H31N3.